The van der Waals surface area contributed by atoms with Gasteiger partial charge in [0.25, 0.3) is 0 Å². The molecular weight excluding hydrogens is 400 g/mol. The lowest BCUT2D eigenvalue weighted by atomic mass is 9.51. The summed E-state index contributed by atoms with van der Waals surface area (Å²) in [6.45, 7) is 7.14. The number of hydrogen-bond donors (Lipinski definition) is 3. The molecule has 0 aromatic rings. The van der Waals surface area contributed by atoms with Gasteiger partial charge < -0.3 is 34.3 Å². The van der Waals surface area contributed by atoms with Gasteiger partial charge in [-0.3, -0.25) is 4.79 Å². The van der Waals surface area contributed by atoms with Crippen LogP contribution in [-0.4, -0.2) is 75.1 Å². The van der Waals surface area contributed by atoms with E-state index in [9.17, 15) is 29.7 Å². The summed E-state index contributed by atoms with van der Waals surface area (Å²) in [4.78, 5) is 38.2. The van der Waals surface area contributed by atoms with Crippen LogP contribution in [0.15, 0.2) is 0 Å². The number of ether oxygens (including phenoxy) is 4. The van der Waals surface area contributed by atoms with Gasteiger partial charge in [-0.2, -0.15) is 0 Å². The quantitative estimate of drug-likeness (QED) is 0.314. The Labute approximate surface area is 171 Å². The van der Waals surface area contributed by atoms with Crippen molar-refractivity contribution >= 4 is 17.9 Å². The molecule has 30 heavy (non-hydrogen) atoms. The molecule has 3 N–H and O–H groups in total. The molecule has 6 aliphatic rings. The maximum atomic E-state index is 13.4. The summed E-state index contributed by atoms with van der Waals surface area (Å²) in [5, 5.41) is 34.7. The van der Waals surface area contributed by atoms with Crippen molar-refractivity contribution in [3.8, 4) is 0 Å². The molecule has 0 aromatic carbocycles. The third-order valence-electron chi connectivity index (χ3n) is 9.00. The third-order valence-corrected chi connectivity index (χ3v) is 9.00. The molecule has 0 radical (unpaired) electrons. The Morgan fingerprint density at radius 2 is 1.70 bits per heavy atom. The summed E-state index contributed by atoms with van der Waals surface area (Å²) in [5.41, 5.74) is -8.26. The Bertz CT molecular complexity index is 925. The average molecular weight is 424 g/mol. The van der Waals surface area contributed by atoms with Crippen LogP contribution in [0.5, 0.6) is 0 Å². The van der Waals surface area contributed by atoms with Crippen LogP contribution in [0.1, 0.15) is 34.1 Å². The lowest BCUT2D eigenvalue weighted by Crippen LogP contribution is -2.67. The first kappa shape index (κ1) is 19.0. The van der Waals surface area contributed by atoms with Gasteiger partial charge in [0, 0.05) is 0 Å². The summed E-state index contributed by atoms with van der Waals surface area (Å²) in [6.07, 6.45) is -6.91. The Hall–Kier alpha value is -1.75. The van der Waals surface area contributed by atoms with E-state index >= 15 is 0 Å². The van der Waals surface area contributed by atoms with E-state index in [1.165, 1.54) is 6.92 Å². The minimum Gasteiger partial charge on any atom is -0.459 e. The molecule has 6 fully saturated rings. The zero-order valence-electron chi connectivity index (χ0n) is 16.9. The molecule has 10 heteroatoms. The van der Waals surface area contributed by atoms with E-state index in [0.29, 0.717) is 0 Å². The number of fused-ring (bicyclic) bond motifs is 1. The van der Waals surface area contributed by atoms with Crippen molar-refractivity contribution in [3.05, 3.63) is 0 Å². The molecule has 164 valence electrons. The van der Waals surface area contributed by atoms with Crippen LogP contribution in [-0.2, 0) is 33.3 Å². The molecule has 11 atom stereocenters. The van der Waals surface area contributed by atoms with E-state index in [0.717, 1.165) is 0 Å². The highest BCUT2D eigenvalue weighted by Gasteiger charge is 3.03. The highest BCUT2D eigenvalue weighted by Crippen LogP contribution is 2.84. The molecule has 6 rings (SSSR count). The van der Waals surface area contributed by atoms with Crippen molar-refractivity contribution in [2.45, 2.75) is 76.0 Å². The van der Waals surface area contributed by atoms with Gasteiger partial charge in [-0.25, -0.2) is 9.59 Å². The summed E-state index contributed by atoms with van der Waals surface area (Å²) >= 11 is 0. The molecule has 4 heterocycles. The normalized spacial score (nSPS) is 60.1. The summed E-state index contributed by atoms with van der Waals surface area (Å²) in [7, 11) is 0. The average Bonchev–Trinajstić information content (AvgIpc) is 3.35. The number of rotatable bonds is 0. The van der Waals surface area contributed by atoms with E-state index in [1.54, 1.807) is 0 Å². The van der Waals surface area contributed by atoms with E-state index in [4.69, 9.17) is 18.9 Å². The Morgan fingerprint density at radius 3 is 2.33 bits per heavy atom. The Kier molecular flexibility index (Phi) is 2.97. The highest BCUT2D eigenvalue weighted by atomic mass is 16.8. The SMILES string of the molecule is C[C@@H]1C(=O)O[C@H]2C(O)C34C5CC(C(C)(C)C)C36C(O)C(=O)O[C@H]6O[C@@]4(C(=O)O5)[C@@]12O. The first-order chi connectivity index (χ1) is 13.8. The van der Waals surface area contributed by atoms with Gasteiger partial charge >= 0.3 is 17.9 Å². The molecular formula is C20H24O10. The predicted molar refractivity (Wildman–Crippen MR) is 92.0 cm³/mol. The molecule has 4 saturated heterocycles. The smallest absolute Gasteiger partial charge is 0.343 e. The van der Waals surface area contributed by atoms with Crippen molar-refractivity contribution < 1.29 is 48.7 Å². The van der Waals surface area contributed by atoms with Crippen molar-refractivity contribution in [2.75, 3.05) is 0 Å². The topological polar surface area (TPSA) is 149 Å². The molecule has 2 aliphatic carbocycles. The van der Waals surface area contributed by atoms with Crippen LogP contribution in [0.25, 0.3) is 0 Å². The van der Waals surface area contributed by atoms with Crippen molar-refractivity contribution in [1.82, 2.24) is 0 Å². The zero-order valence-corrected chi connectivity index (χ0v) is 16.9. The van der Waals surface area contributed by atoms with Gasteiger partial charge in [-0.05, 0) is 24.7 Å². The number of esters is 3. The first-order valence-corrected chi connectivity index (χ1v) is 10.2. The lowest BCUT2D eigenvalue weighted by Gasteiger charge is -2.47. The van der Waals surface area contributed by atoms with E-state index in [2.05, 4.69) is 0 Å². The Morgan fingerprint density at radius 1 is 1.03 bits per heavy atom. The molecule has 0 aromatic heterocycles. The van der Waals surface area contributed by atoms with Gasteiger partial charge in [0.1, 0.15) is 12.2 Å². The fourth-order valence-electron chi connectivity index (χ4n) is 8.12. The van der Waals surface area contributed by atoms with Crippen LogP contribution in [0, 0.1) is 28.1 Å². The van der Waals surface area contributed by atoms with Gasteiger partial charge in [-0.1, -0.05) is 20.8 Å². The highest BCUT2D eigenvalue weighted by molar-refractivity contribution is 5.94. The minimum atomic E-state index is -2.24. The van der Waals surface area contributed by atoms with Crippen LogP contribution in [0.3, 0.4) is 0 Å². The maximum absolute atomic E-state index is 13.4. The van der Waals surface area contributed by atoms with Crippen LogP contribution < -0.4 is 0 Å². The van der Waals surface area contributed by atoms with Crippen molar-refractivity contribution in [3.63, 3.8) is 0 Å². The fourth-order valence-corrected chi connectivity index (χ4v) is 8.12. The second-order valence-electron chi connectivity index (χ2n) is 10.7. The minimum absolute atomic E-state index is 0.229. The zero-order chi connectivity index (χ0) is 21.8. The van der Waals surface area contributed by atoms with Crippen molar-refractivity contribution in [2.24, 2.45) is 28.1 Å². The van der Waals surface area contributed by atoms with Gasteiger partial charge in [0.05, 0.1) is 16.7 Å². The van der Waals surface area contributed by atoms with Gasteiger partial charge in [-0.15, -0.1) is 0 Å². The molecule has 0 amide bonds. The standard InChI is InChI=1S/C20H24O10/c1-6-12(23)28-11-9(21)18-8-5-7(16(2,3)4)17(18)10(22)13(24)29-15(17)30-20(18,14(25)27-8)19(6,11)26/h6-11,15,21-22,26H,5H2,1-4H3/t6-,7?,8?,9?,10?,11+,15+,17?,18?,19-,20-/m1/s1. The second-order valence-corrected chi connectivity index (χ2v) is 10.7. The summed E-state index contributed by atoms with van der Waals surface area (Å²) in [5.74, 6) is -4.32. The van der Waals surface area contributed by atoms with Crippen LogP contribution in [0.4, 0.5) is 0 Å². The third kappa shape index (κ3) is 1.33. The summed E-state index contributed by atoms with van der Waals surface area (Å²) < 4.78 is 22.5. The molecule has 2 saturated carbocycles. The first-order valence-electron chi connectivity index (χ1n) is 10.2. The predicted octanol–water partition coefficient (Wildman–Crippen LogP) is -1.37. The monoisotopic (exact) mass is 424 g/mol. The number of aliphatic hydroxyl groups excluding tert-OH is 2. The van der Waals surface area contributed by atoms with Crippen LogP contribution in [0.2, 0.25) is 0 Å². The molecule has 6 unspecified atom stereocenters. The maximum Gasteiger partial charge on any atom is 0.343 e. The largest absolute Gasteiger partial charge is 0.459 e. The Balaban J connectivity index is 1.72. The van der Waals surface area contributed by atoms with E-state index in [-0.39, 0.29) is 6.42 Å². The number of hydrogen-bond acceptors (Lipinski definition) is 10. The lowest BCUT2D eigenvalue weighted by molar-refractivity contribution is -0.239. The number of carbonyl (C=O) groups is 3. The van der Waals surface area contributed by atoms with Gasteiger partial charge in [0.15, 0.2) is 17.8 Å². The van der Waals surface area contributed by atoms with E-state index < -0.39 is 87.9 Å². The number of carbonyl (C=O) groups excluding carboxylic acids is 3. The molecule has 4 aliphatic heterocycles. The fraction of sp³-hybridized carbons (Fsp3) is 0.850. The summed E-state index contributed by atoms with van der Waals surface area (Å²) in [6, 6.07) is 0. The molecule has 0 bridgehead atoms. The van der Waals surface area contributed by atoms with Crippen molar-refractivity contribution in [1.29, 1.82) is 0 Å². The second kappa shape index (κ2) is 4.69. The molecule has 2 spiro atoms. The van der Waals surface area contributed by atoms with Crippen LogP contribution >= 0.6 is 0 Å². The van der Waals surface area contributed by atoms with Gasteiger partial charge in [0.2, 0.25) is 11.9 Å². The molecule has 10 nitrogen and oxygen atoms in total. The number of aliphatic hydroxyl groups is 3. The van der Waals surface area contributed by atoms with E-state index in [1.807, 2.05) is 20.8 Å².